The minimum Gasteiger partial charge on any atom is -0.312 e. The van der Waals surface area contributed by atoms with Crippen LogP contribution in [-0.2, 0) is 25.5 Å². The molecule has 2 aromatic heterocycles. The van der Waals surface area contributed by atoms with Crippen LogP contribution in [0.5, 0.6) is 0 Å². The highest BCUT2D eigenvalue weighted by Crippen LogP contribution is 2.25. The quantitative estimate of drug-likeness (QED) is 0.281. The van der Waals surface area contributed by atoms with Crippen molar-refractivity contribution in [2.24, 2.45) is 0 Å². The number of rotatable bonds is 3. The van der Waals surface area contributed by atoms with Crippen molar-refractivity contribution >= 4 is 65.3 Å². The number of hydrogen-bond donors (Lipinski definition) is 1. The summed E-state index contributed by atoms with van der Waals surface area (Å²) in [5.41, 5.74) is 1.60. The van der Waals surface area contributed by atoms with E-state index in [2.05, 4.69) is 47.1 Å². The Hall–Kier alpha value is -2.11. The molecule has 7 rings (SSSR count). The smallest absolute Gasteiger partial charge is 0.261 e. The van der Waals surface area contributed by atoms with Crippen molar-refractivity contribution in [2.75, 3.05) is 13.1 Å². The summed E-state index contributed by atoms with van der Waals surface area (Å²) in [6.45, 7) is 4.40. The van der Waals surface area contributed by atoms with Gasteiger partial charge in [0.15, 0.2) is 0 Å². The highest BCUT2D eigenvalue weighted by molar-refractivity contribution is 9.10. The van der Waals surface area contributed by atoms with Crippen molar-refractivity contribution < 1.29 is 0 Å². The van der Waals surface area contributed by atoms with Gasteiger partial charge in [0.25, 0.3) is 11.1 Å². The third-order valence-electron chi connectivity index (χ3n) is 8.41. The molecule has 5 heterocycles. The average molecular weight is 705 g/mol. The van der Waals surface area contributed by atoms with E-state index in [1.54, 1.807) is 4.57 Å². The summed E-state index contributed by atoms with van der Waals surface area (Å²) in [6.07, 6.45) is 7.24. The van der Waals surface area contributed by atoms with Crippen molar-refractivity contribution in [1.29, 1.82) is 0 Å². The van der Waals surface area contributed by atoms with E-state index in [1.807, 2.05) is 41.0 Å². The van der Waals surface area contributed by atoms with Gasteiger partial charge in [-0.15, -0.1) is 11.6 Å². The van der Waals surface area contributed by atoms with Gasteiger partial charge in [0.05, 0.1) is 34.2 Å². The van der Waals surface area contributed by atoms with Gasteiger partial charge in [-0.2, -0.15) is 0 Å². The first kappa shape index (κ1) is 29.0. The molecule has 0 bridgehead atoms. The summed E-state index contributed by atoms with van der Waals surface area (Å²) < 4.78 is 5.50. The van der Waals surface area contributed by atoms with Crippen LogP contribution in [0.3, 0.4) is 0 Å². The monoisotopic (exact) mass is 702 g/mol. The molecule has 2 fully saturated rings. The van der Waals surface area contributed by atoms with Gasteiger partial charge in [-0.3, -0.25) is 23.6 Å². The molecule has 1 N–H and O–H groups in total. The zero-order valence-corrected chi connectivity index (χ0v) is 26.7. The van der Waals surface area contributed by atoms with Crippen LogP contribution in [-0.4, -0.2) is 49.2 Å². The Morgan fingerprint density at radius 1 is 0.902 bits per heavy atom. The fraction of sp³-hybridized carbons (Fsp3) is 0.467. The van der Waals surface area contributed by atoms with Crippen LogP contribution < -0.4 is 16.4 Å². The van der Waals surface area contributed by atoms with E-state index in [9.17, 15) is 9.59 Å². The molecular formula is C30H33Br2ClN6O2. The largest absolute Gasteiger partial charge is 0.312 e. The second kappa shape index (κ2) is 12.6. The van der Waals surface area contributed by atoms with Crippen molar-refractivity contribution in [3.63, 3.8) is 0 Å². The molecule has 0 radical (unpaired) electrons. The van der Waals surface area contributed by atoms with Gasteiger partial charge < -0.3 is 5.32 Å². The Kier molecular flexibility index (Phi) is 8.93. The zero-order chi connectivity index (χ0) is 28.5. The van der Waals surface area contributed by atoms with Gasteiger partial charge in [-0.1, -0.05) is 44.7 Å². The predicted octanol–water partition coefficient (Wildman–Crippen LogP) is 5.57. The van der Waals surface area contributed by atoms with Crippen LogP contribution in [0.4, 0.5) is 0 Å². The van der Waals surface area contributed by atoms with E-state index in [0.29, 0.717) is 35.4 Å². The van der Waals surface area contributed by atoms with Crippen LogP contribution in [0, 0.1) is 0 Å². The minimum absolute atomic E-state index is 0.00414. The number of fused-ring (bicyclic) bond motifs is 4. The lowest BCUT2D eigenvalue weighted by Gasteiger charge is -2.40. The molecule has 0 aliphatic carbocycles. The SMILES string of the molecule is O=c1c2ccc(Br)cc2nc(CCl)n1CC1CCCCN1.O=c1c2ccc(Br)cc2nc2n1CC1CCCCN1C2. The topological polar surface area (TPSA) is 85.0 Å². The standard InChI is InChI=1S/C15H17BrClN3O.C15H16BrN3O/c16-10-4-5-12-13(7-10)19-14(8-17)20(15(12)21)9-11-3-1-2-6-18-11;16-10-4-5-12-13(7-10)17-14-9-18-6-2-1-3-11(18)8-19(14)15(12)20/h4-5,7,11,18H,1-3,6,8-9H2;4-5,7,11H,1-3,6,8-9H2. The molecule has 2 aromatic carbocycles. The molecule has 3 aliphatic rings. The summed E-state index contributed by atoms with van der Waals surface area (Å²) in [4.78, 5) is 37.1. The highest BCUT2D eigenvalue weighted by Gasteiger charge is 2.30. The summed E-state index contributed by atoms with van der Waals surface area (Å²) in [5.74, 6) is 1.79. The summed E-state index contributed by atoms with van der Waals surface area (Å²) in [5, 5.41) is 4.83. The number of aromatic nitrogens is 4. The molecule has 216 valence electrons. The third-order valence-corrected chi connectivity index (χ3v) is 9.64. The second-order valence-electron chi connectivity index (χ2n) is 11.1. The minimum atomic E-state index is -0.00414. The molecular weight excluding hydrogens is 672 g/mol. The molecule has 0 amide bonds. The lowest BCUT2D eigenvalue weighted by Crippen LogP contribution is -2.49. The molecule has 0 saturated carbocycles. The molecule has 2 atom stereocenters. The average Bonchev–Trinajstić information content (AvgIpc) is 2.98. The molecule has 4 aromatic rings. The lowest BCUT2D eigenvalue weighted by molar-refractivity contribution is 0.0952. The summed E-state index contributed by atoms with van der Waals surface area (Å²) in [6, 6.07) is 12.1. The molecule has 0 spiro atoms. The number of benzene rings is 2. The summed E-state index contributed by atoms with van der Waals surface area (Å²) >= 11 is 12.9. The van der Waals surface area contributed by atoms with E-state index in [-0.39, 0.29) is 17.0 Å². The van der Waals surface area contributed by atoms with Crippen molar-refractivity contribution in [3.05, 3.63) is 77.7 Å². The maximum Gasteiger partial charge on any atom is 0.261 e. The molecule has 2 unspecified atom stereocenters. The van der Waals surface area contributed by atoms with E-state index in [1.165, 1.54) is 32.1 Å². The number of piperidine rings is 2. The normalized spacial score (nSPS) is 20.8. The first-order valence-corrected chi connectivity index (χ1v) is 16.4. The Morgan fingerprint density at radius 3 is 2.32 bits per heavy atom. The fourth-order valence-electron chi connectivity index (χ4n) is 6.25. The first-order valence-electron chi connectivity index (χ1n) is 14.3. The molecule has 3 aliphatic heterocycles. The molecule has 2 saturated heterocycles. The van der Waals surface area contributed by atoms with Crippen LogP contribution in [0.1, 0.15) is 50.2 Å². The number of hydrogen-bond acceptors (Lipinski definition) is 6. The molecule has 8 nitrogen and oxygen atoms in total. The Labute approximate surface area is 260 Å². The van der Waals surface area contributed by atoms with Crippen LogP contribution in [0.15, 0.2) is 54.9 Å². The zero-order valence-electron chi connectivity index (χ0n) is 22.8. The van der Waals surface area contributed by atoms with E-state index in [0.717, 1.165) is 58.3 Å². The Bertz CT molecular complexity index is 1700. The fourth-order valence-corrected chi connectivity index (χ4v) is 7.15. The van der Waals surface area contributed by atoms with Gasteiger partial charge in [-0.05, 0) is 75.2 Å². The number of alkyl halides is 1. The van der Waals surface area contributed by atoms with Crippen LogP contribution >= 0.6 is 43.5 Å². The maximum absolute atomic E-state index is 12.7. The van der Waals surface area contributed by atoms with Crippen molar-refractivity contribution in [3.8, 4) is 0 Å². The van der Waals surface area contributed by atoms with Crippen LogP contribution in [0.2, 0.25) is 0 Å². The van der Waals surface area contributed by atoms with Gasteiger partial charge in [-0.25, -0.2) is 9.97 Å². The number of halogens is 3. The van der Waals surface area contributed by atoms with Gasteiger partial charge in [0, 0.05) is 34.1 Å². The van der Waals surface area contributed by atoms with Gasteiger partial charge in [0.1, 0.15) is 11.6 Å². The second-order valence-corrected chi connectivity index (χ2v) is 13.2. The molecule has 11 heteroatoms. The van der Waals surface area contributed by atoms with Gasteiger partial charge >= 0.3 is 0 Å². The molecule has 41 heavy (non-hydrogen) atoms. The first-order chi connectivity index (χ1) is 19.9. The maximum atomic E-state index is 12.7. The Balaban J connectivity index is 0.000000148. The number of nitrogens with one attached hydrogen (secondary N) is 1. The van der Waals surface area contributed by atoms with E-state index >= 15 is 0 Å². The van der Waals surface area contributed by atoms with E-state index in [4.69, 9.17) is 16.6 Å². The van der Waals surface area contributed by atoms with E-state index < -0.39 is 0 Å². The highest BCUT2D eigenvalue weighted by atomic mass is 79.9. The third kappa shape index (κ3) is 6.18. The summed E-state index contributed by atoms with van der Waals surface area (Å²) in [7, 11) is 0. The van der Waals surface area contributed by atoms with Crippen LogP contribution in [0.25, 0.3) is 21.8 Å². The predicted molar refractivity (Wildman–Crippen MR) is 171 cm³/mol. The van der Waals surface area contributed by atoms with Gasteiger partial charge in [0.2, 0.25) is 0 Å². The van der Waals surface area contributed by atoms with Crippen molar-refractivity contribution in [1.82, 2.24) is 29.3 Å². The Morgan fingerprint density at radius 2 is 1.61 bits per heavy atom. The number of nitrogens with zero attached hydrogens (tertiary/aromatic N) is 5. The van der Waals surface area contributed by atoms with Crippen molar-refractivity contribution in [2.45, 2.75) is 76.1 Å². The lowest BCUT2D eigenvalue weighted by atomic mass is 10.00.